The molecule has 0 unspecified atom stereocenters. The quantitative estimate of drug-likeness (QED) is 0.558. The summed E-state index contributed by atoms with van der Waals surface area (Å²) >= 11 is 3.39. The van der Waals surface area contributed by atoms with Gasteiger partial charge < -0.3 is 9.47 Å². The van der Waals surface area contributed by atoms with Crippen LogP contribution in [0.15, 0.2) is 53.0 Å². The minimum absolute atomic E-state index is 0.211. The van der Waals surface area contributed by atoms with E-state index in [0.29, 0.717) is 11.5 Å². The lowest BCUT2D eigenvalue weighted by Crippen LogP contribution is -2.43. The van der Waals surface area contributed by atoms with Crippen molar-refractivity contribution < 1.29 is 19.1 Å². The van der Waals surface area contributed by atoms with Gasteiger partial charge in [0.25, 0.3) is 11.8 Å². The molecule has 0 aliphatic carbocycles. The van der Waals surface area contributed by atoms with Crippen molar-refractivity contribution in [2.45, 2.75) is 6.92 Å². The summed E-state index contributed by atoms with van der Waals surface area (Å²) in [5.41, 5.74) is 6.33. The number of rotatable bonds is 6. The van der Waals surface area contributed by atoms with Crippen molar-refractivity contribution in [1.82, 2.24) is 10.9 Å². The zero-order valence-electron chi connectivity index (χ0n) is 14.4. The number of aryl methyl sites for hydroxylation is 1. The minimum atomic E-state index is -0.469. The Kier molecular flexibility index (Phi) is 7.23. The number of para-hydroxylation sites is 1. The van der Waals surface area contributed by atoms with E-state index in [0.717, 1.165) is 15.6 Å². The van der Waals surface area contributed by atoms with Crippen LogP contribution in [0.5, 0.6) is 11.5 Å². The Bertz CT molecular complexity index is 821. The molecule has 0 atom stereocenters. The molecule has 0 aliphatic heterocycles. The van der Waals surface area contributed by atoms with Crippen LogP contribution in [0.2, 0.25) is 0 Å². The van der Waals surface area contributed by atoms with Crippen molar-refractivity contribution >= 4 is 33.8 Å². The Balaban J connectivity index is 1.78. The number of amides is 2. The van der Waals surface area contributed by atoms with E-state index < -0.39 is 11.8 Å². The Hall–Kier alpha value is -2.80. The summed E-state index contributed by atoms with van der Waals surface area (Å²) in [7, 11) is 1.56. The van der Waals surface area contributed by atoms with Crippen LogP contribution < -0.4 is 20.3 Å². The molecule has 7 heteroatoms. The van der Waals surface area contributed by atoms with Gasteiger partial charge in [-0.05, 0) is 42.8 Å². The highest BCUT2D eigenvalue weighted by molar-refractivity contribution is 9.10. The average molecular weight is 419 g/mol. The molecule has 2 amide bonds. The van der Waals surface area contributed by atoms with Gasteiger partial charge in [-0.25, -0.2) is 0 Å². The topological polar surface area (TPSA) is 76.7 Å². The van der Waals surface area contributed by atoms with Crippen LogP contribution in [0.4, 0.5) is 0 Å². The Morgan fingerprint density at radius 3 is 2.65 bits per heavy atom. The second-order valence-electron chi connectivity index (χ2n) is 5.31. The first-order valence-electron chi connectivity index (χ1n) is 7.78. The third kappa shape index (κ3) is 5.93. The number of ether oxygens (including phenoxy) is 2. The van der Waals surface area contributed by atoms with Gasteiger partial charge in [0, 0.05) is 16.1 Å². The summed E-state index contributed by atoms with van der Waals surface area (Å²) in [5.74, 6) is 0.287. The Labute approximate surface area is 160 Å². The average Bonchev–Trinajstić information content (AvgIpc) is 2.65. The number of benzene rings is 2. The molecule has 136 valence electrons. The molecular formula is C19H19BrN2O4. The van der Waals surface area contributed by atoms with Gasteiger partial charge in [0.1, 0.15) is 11.5 Å². The molecule has 0 aromatic heterocycles. The smallest absolute Gasteiger partial charge is 0.276 e. The summed E-state index contributed by atoms with van der Waals surface area (Å²) in [4.78, 5) is 23.5. The van der Waals surface area contributed by atoms with Gasteiger partial charge in [0.15, 0.2) is 6.61 Å². The summed E-state index contributed by atoms with van der Waals surface area (Å²) in [6.45, 7) is 1.71. The van der Waals surface area contributed by atoms with Crippen molar-refractivity contribution in [2.24, 2.45) is 0 Å². The lowest BCUT2D eigenvalue weighted by Gasteiger charge is -2.09. The molecule has 2 N–H and O–H groups in total. The molecule has 0 bridgehead atoms. The summed E-state index contributed by atoms with van der Waals surface area (Å²) in [6.07, 6.45) is 2.90. The van der Waals surface area contributed by atoms with E-state index in [2.05, 4.69) is 26.8 Å². The Morgan fingerprint density at radius 2 is 1.92 bits per heavy atom. The van der Waals surface area contributed by atoms with Crippen molar-refractivity contribution in [2.75, 3.05) is 13.7 Å². The first-order valence-corrected chi connectivity index (χ1v) is 8.58. The van der Waals surface area contributed by atoms with Gasteiger partial charge in [0.05, 0.1) is 7.11 Å². The van der Waals surface area contributed by atoms with Crippen molar-refractivity contribution in [1.29, 1.82) is 0 Å². The highest BCUT2D eigenvalue weighted by Gasteiger charge is 2.05. The summed E-state index contributed by atoms with van der Waals surface area (Å²) in [5, 5.41) is 0. The van der Waals surface area contributed by atoms with Crippen LogP contribution in [-0.4, -0.2) is 25.5 Å². The number of hydrogen-bond donors (Lipinski definition) is 2. The molecule has 26 heavy (non-hydrogen) atoms. The Morgan fingerprint density at radius 1 is 1.15 bits per heavy atom. The maximum atomic E-state index is 11.8. The maximum absolute atomic E-state index is 11.8. The predicted octanol–water partition coefficient (Wildman–Crippen LogP) is 3.01. The van der Waals surface area contributed by atoms with Crippen LogP contribution in [0.25, 0.3) is 6.08 Å². The molecule has 2 rings (SSSR count). The SMILES string of the molecule is COc1ccccc1/C=C/C(=O)NNC(=O)COc1ccc(Br)c(C)c1. The second-order valence-corrected chi connectivity index (χ2v) is 6.17. The summed E-state index contributed by atoms with van der Waals surface area (Å²) < 4.78 is 11.5. The zero-order chi connectivity index (χ0) is 18.9. The molecule has 6 nitrogen and oxygen atoms in total. The number of carbonyl (C=O) groups is 2. The van der Waals surface area contributed by atoms with E-state index in [1.165, 1.54) is 6.08 Å². The number of carbonyl (C=O) groups excluding carboxylic acids is 2. The third-order valence-corrected chi connectivity index (χ3v) is 4.27. The largest absolute Gasteiger partial charge is 0.496 e. The number of nitrogens with one attached hydrogen (secondary N) is 2. The lowest BCUT2D eigenvalue weighted by atomic mass is 10.2. The maximum Gasteiger partial charge on any atom is 0.276 e. The van der Waals surface area contributed by atoms with Crippen molar-refractivity contribution in [3.05, 3.63) is 64.1 Å². The van der Waals surface area contributed by atoms with Gasteiger partial charge in [-0.3, -0.25) is 20.4 Å². The predicted molar refractivity (Wildman–Crippen MR) is 103 cm³/mol. The van der Waals surface area contributed by atoms with E-state index in [1.807, 2.05) is 37.3 Å². The van der Waals surface area contributed by atoms with Crippen LogP contribution in [-0.2, 0) is 9.59 Å². The number of hydrogen-bond acceptors (Lipinski definition) is 4. The zero-order valence-corrected chi connectivity index (χ0v) is 16.0. The molecule has 0 saturated carbocycles. The third-order valence-electron chi connectivity index (χ3n) is 3.38. The fourth-order valence-corrected chi connectivity index (χ4v) is 2.28. The molecule has 0 saturated heterocycles. The van der Waals surface area contributed by atoms with E-state index in [-0.39, 0.29) is 6.61 Å². The van der Waals surface area contributed by atoms with E-state index in [1.54, 1.807) is 25.3 Å². The first kappa shape index (κ1) is 19.5. The molecule has 2 aromatic rings. The molecular weight excluding hydrogens is 400 g/mol. The molecule has 2 aromatic carbocycles. The fourth-order valence-electron chi connectivity index (χ4n) is 2.03. The highest BCUT2D eigenvalue weighted by atomic mass is 79.9. The van der Waals surface area contributed by atoms with Crippen LogP contribution in [0.1, 0.15) is 11.1 Å². The number of hydrazine groups is 1. The van der Waals surface area contributed by atoms with Crippen LogP contribution in [0.3, 0.4) is 0 Å². The van der Waals surface area contributed by atoms with E-state index in [9.17, 15) is 9.59 Å². The van der Waals surface area contributed by atoms with Gasteiger partial charge >= 0.3 is 0 Å². The monoisotopic (exact) mass is 418 g/mol. The van der Waals surface area contributed by atoms with Gasteiger partial charge in [0.2, 0.25) is 0 Å². The number of methoxy groups -OCH3 is 1. The molecule has 0 radical (unpaired) electrons. The van der Waals surface area contributed by atoms with Crippen molar-refractivity contribution in [3.63, 3.8) is 0 Å². The van der Waals surface area contributed by atoms with Gasteiger partial charge in [-0.1, -0.05) is 34.1 Å². The van der Waals surface area contributed by atoms with Crippen LogP contribution in [0, 0.1) is 6.92 Å². The second kappa shape index (κ2) is 9.62. The van der Waals surface area contributed by atoms with Gasteiger partial charge in [-0.2, -0.15) is 0 Å². The van der Waals surface area contributed by atoms with Gasteiger partial charge in [-0.15, -0.1) is 0 Å². The normalized spacial score (nSPS) is 10.4. The molecule has 0 heterocycles. The van der Waals surface area contributed by atoms with Crippen LogP contribution >= 0.6 is 15.9 Å². The molecule has 0 spiro atoms. The standard InChI is InChI=1S/C19H19BrN2O4/c1-13-11-15(8-9-16(13)20)26-12-19(24)22-21-18(23)10-7-14-5-3-4-6-17(14)25-2/h3-11H,12H2,1-2H3,(H,21,23)(H,22,24)/b10-7+. The highest BCUT2D eigenvalue weighted by Crippen LogP contribution is 2.21. The number of halogens is 1. The minimum Gasteiger partial charge on any atom is -0.496 e. The molecule has 0 fully saturated rings. The van der Waals surface area contributed by atoms with E-state index >= 15 is 0 Å². The summed E-state index contributed by atoms with van der Waals surface area (Å²) in [6, 6.07) is 12.7. The lowest BCUT2D eigenvalue weighted by molar-refractivity contribution is -0.128. The first-order chi connectivity index (χ1) is 12.5. The molecule has 0 aliphatic rings. The van der Waals surface area contributed by atoms with E-state index in [4.69, 9.17) is 9.47 Å². The van der Waals surface area contributed by atoms with Crippen molar-refractivity contribution in [3.8, 4) is 11.5 Å². The fraction of sp³-hybridized carbons (Fsp3) is 0.158.